The van der Waals surface area contributed by atoms with Crippen molar-refractivity contribution in [2.45, 2.75) is 50.6 Å². The molecular formula is C22H28N4O2S. The molecule has 0 saturated carbocycles. The average Bonchev–Trinajstić information content (AvgIpc) is 3.36. The zero-order chi connectivity index (χ0) is 20.8. The summed E-state index contributed by atoms with van der Waals surface area (Å²) in [7, 11) is 0. The monoisotopic (exact) mass is 412 g/mol. The Kier molecular flexibility index (Phi) is 7.14. The number of furan rings is 1. The van der Waals surface area contributed by atoms with Gasteiger partial charge in [0.2, 0.25) is 5.91 Å². The Morgan fingerprint density at radius 3 is 2.52 bits per heavy atom. The van der Waals surface area contributed by atoms with Gasteiger partial charge >= 0.3 is 0 Å². The molecule has 6 nitrogen and oxygen atoms in total. The van der Waals surface area contributed by atoms with E-state index < -0.39 is 0 Å². The summed E-state index contributed by atoms with van der Waals surface area (Å²) in [6.07, 6.45) is 1.63. The van der Waals surface area contributed by atoms with Crippen molar-refractivity contribution < 1.29 is 9.21 Å². The summed E-state index contributed by atoms with van der Waals surface area (Å²) in [5.41, 5.74) is 1.22. The Morgan fingerprint density at radius 2 is 1.86 bits per heavy atom. The van der Waals surface area contributed by atoms with E-state index in [1.54, 1.807) is 6.26 Å². The number of benzene rings is 1. The molecule has 3 rings (SSSR count). The number of amides is 1. The maximum absolute atomic E-state index is 12.6. The molecule has 0 bridgehead atoms. The Bertz CT molecular complexity index is 906. The van der Waals surface area contributed by atoms with E-state index in [0.717, 1.165) is 11.7 Å². The maximum Gasteiger partial charge on any atom is 0.233 e. The molecule has 0 aliphatic heterocycles. The van der Waals surface area contributed by atoms with Crippen LogP contribution < -0.4 is 5.32 Å². The quantitative estimate of drug-likeness (QED) is 0.520. The van der Waals surface area contributed by atoms with Crippen LogP contribution in [0.3, 0.4) is 0 Å². The molecular weight excluding hydrogens is 384 g/mol. The second kappa shape index (κ2) is 9.78. The van der Waals surface area contributed by atoms with E-state index in [1.165, 1.54) is 17.3 Å². The lowest BCUT2D eigenvalue weighted by molar-refractivity contribution is -0.120. The highest BCUT2D eigenvalue weighted by Gasteiger charge is 2.22. The Balaban J connectivity index is 1.65. The van der Waals surface area contributed by atoms with Crippen molar-refractivity contribution >= 4 is 17.7 Å². The van der Waals surface area contributed by atoms with Crippen LogP contribution in [0.2, 0.25) is 0 Å². The van der Waals surface area contributed by atoms with Gasteiger partial charge in [-0.15, -0.1) is 10.2 Å². The van der Waals surface area contributed by atoms with E-state index in [1.807, 2.05) is 41.8 Å². The van der Waals surface area contributed by atoms with Crippen LogP contribution in [-0.2, 0) is 11.3 Å². The van der Waals surface area contributed by atoms with Crippen molar-refractivity contribution in [2.24, 2.45) is 5.92 Å². The Labute approximate surface area is 176 Å². The Morgan fingerprint density at radius 1 is 1.10 bits per heavy atom. The molecule has 2 heterocycles. The lowest BCUT2D eigenvalue weighted by Crippen LogP contribution is -2.33. The van der Waals surface area contributed by atoms with Gasteiger partial charge in [0.05, 0.1) is 11.5 Å². The number of hydrogen-bond donors (Lipinski definition) is 1. The van der Waals surface area contributed by atoms with Crippen molar-refractivity contribution in [3.05, 3.63) is 54.3 Å². The molecule has 7 heteroatoms. The third kappa shape index (κ3) is 5.50. The minimum Gasteiger partial charge on any atom is -0.461 e. The molecule has 2 aromatic heterocycles. The third-order valence-electron chi connectivity index (χ3n) is 4.61. The van der Waals surface area contributed by atoms with Crippen molar-refractivity contribution in [3.63, 3.8) is 0 Å². The first-order valence-corrected chi connectivity index (χ1v) is 10.8. The molecule has 2 unspecified atom stereocenters. The third-order valence-corrected chi connectivity index (χ3v) is 5.69. The SMILES string of the molecule is CC(C)Cn1c(SC(C)C(=O)NCC(C)c2ccccc2)nnc1-c1ccco1. The van der Waals surface area contributed by atoms with Gasteiger partial charge in [-0.3, -0.25) is 9.36 Å². The highest BCUT2D eigenvalue weighted by atomic mass is 32.2. The summed E-state index contributed by atoms with van der Waals surface area (Å²) < 4.78 is 7.53. The first kappa shape index (κ1) is 21.2. The zero-order valence-electron chi connectivity index (χ0n) is 17.3. The van der Waals surface area contributed by atoms with Gasteiger partial charge in [-0.1, -0.05) is 62.9 Å². The number of hydrogen-bond acceptors (Lipinski definition) is 5. The first-order chi connectivity index (χ1) is 14.0. The van der Waals surface area contributed by atoms with Gasteiger partial charge in [0.25, 0.3) is 0 Å². The molecule has 1 N–H and O–H groups in total. The normalized spacial score (nSPS) is 13.4. The maximum atomic E-state index is 12.6. The summed E-state index contributed by atoms with van der Waals surface area (Å²) in [6, 6.07) is 13.9. The van der Waals surface area contributed by atoms with Crippen molar-refractivity contribution in [1.82, 2.24) is 20.1 Å². The number of thioether (sulfide) groups is 1. The van der Waals surface area contributed by atoms with Gasteiger partial charge in [0, 0.05) is 13.1 Å². The smallest absolute Gasteiger partial charge is 0.233 e. The number of aromatic nitrogens is 3. The van der Waals surface area contributed by atoms with Crippen molar-refractivity contribution in [3.8, 4) is 11.6 Å². The summed E-state index contributed by atoms with van der Waals surface area (Å²) in [6.45, 7) is 9.65. The first-order valence-electron chi connectivity index (χ1n) is 9.92. The molecule has 0 aliphatic rings. The lowest BCUT2D eigenvalue weighted by atomic mass is 10.0. The van der Waals surface area contributed by atoms with Crippen LogP contribution in [0.1, 0.15) is 39.2 Å². The fourth-order valence-electron chi connectivity index (χ4n) is 3.00. The number of nitrogens with zero attached hydrogens (tertiary/aromatic N) is 3. The van der Waals surface area contributed by atoms with Gasteiger partial charge in [-0.05, 0) is 36.5 Å². The highest BCUT2D eigenvalue weighted by molar-refractivity contribution is 8.00. The number of carbonyl (C=O) groups excluding carboxylic acids is 1. The fourth-order valence-corrected chi connectivity index (χ4v) is 3.88. The van der Waals surface area contributed by atoms with Gasteiger partial charge in [-0.25, -0.2) is 0 Å². The van der Waals surface area contributed by atoms with E-state index in [2.05, 4.69) is 48.4 Å². The molecule has 0 aliphatic carbocycles. The fraction of sp³-hybridized carbons (Fsp3) is 0.409. The molecule has 1 aromatic carbocycles. The van der Waals surface area contributed by atoms with Crippen LogP contribution in [0.5, 0.6) is 0 Å². The number of carbonyl (C=O) groups is 1. The average molecular weight is 413 g/mol. The van der Waals surface area contributed by atoms with E-state index in [9.17, 15) is 4.79 Å². The molecule has 154 valence electrons. The van der Waals surface area contributed by atoms with E-state index in [4.69, 9.17) is 4.42 Å². The van der Waals surface area contributed by atoms with Crippen LogP contribution in [-0.4, -0.2) is 32.5 Å². The predicted octanol–water partition coefficient (Wildman–Crippen LogP) is 4.59. The zero-order valence-corrected chi connectivity index (χ0v) is 18.1. The standard InChI is InChI=1S/C22H28N4O2S/c1-15(2)14-26-20(19-11-8-12-28-19)24-25-22(26)29-17(4)21(27)23-13-16(3)18-9-6-5-7-10-18/h5-12,15-17H,13-14H2,1-4H3,(H,23,27). The van der Waals surface area contributed by atoms with Crippen molar-refractivity contribution in [1.29, 1.82) is 0 Å². The van der Waals surface area contributed by atoms with Crippen LogP contribution in [0.4, 0.5) is 0 Å². The molecule has 3 aromatic rings. The summed E-state index contributed by atoms with van der Waals surface area (Å²) in [4.78, 5) is 12.6. The minimum absolute atomic E-state index is 0.00331. The molecule has 0 saturated heterocycles. The molecule has 29 heavy (non-hydrogen) atoms. The lowest BCUT2D eigenvalue weighted by Gasteiger charge is -2.17. The Hall–Kier alpha value is -2.54. The minimum atomic E-state index is -0.280. The molecule has 0 radical (unpaired) electrons. The number of rotatable bonds is 9. The van der Waals surface area contributed by atoms with Gasteiger partial charge in [0.15, 0.2) is 16.7 Å². The summed E-state index contributed by atoms with van der Waals surface area (Å²) >= 11 is 1.42. The molecule has 1 amide bonds. The van der Waals surface area contributed by atoms with Crippen molar-refractivity contribution in [2.75, 3.05) is 6.54 Å². The van der Waals surface area contributed by atoms with E-state index in [0.29, 0.717) is 24.0 Å². The van der Waals surface area contributed by atoms with Crippen LogP contribution in [0.15, 0.2) is 58.3 Å². The predicted molar refractivity (Wildman–Crippen MR) is 116 cm³/mol. The summed E-state index contributed by atoms with van der Waals surface area (Å²) in [5, 5.41) is 12.1. The summed E-state index contributed by atoms with van der Waals surface area (Å²) in [5.74, 6) is 2.04. The number of nitrogens with one attached hydrogen (secondary N) is 1. The topological polar surface area (TPSA) is 73.0 Å². The van der Waals surface area contributed by atoms with Gasteiger partial charge in [0.1, 0.15) is 0 Å². The largest absolute Gasteiger partial charge is 0.461 e. The second-order valence-corrected chi connectivity index (χ2v) is 8.91. The van der Waals surface area contributed by atoms with Gasteiger partial charge < -0.3 is 9.73 Å². The molecule has 2 atom stereocenters. The van der Waals surface area contributed by atoms with Crippen LogP contribution in [0, 0.1) is 5.92 Å². The van der Waals surface area contributed by atoms with Gasteiger partial charge in [-0.2, -0.15) is 0 Å². The van der Waals surface area contributed by atoms with E-state index >= 15 is 0 Å². The van der Waals surface area contributed by atoms with Crippen LogP contribution in [0.25, 0.3) is 11.6 Å². The van der Waals surface area contributed by atoms with E-state index in [-0.39, 0.29) is 17.1 Å². The second-order valence-electron chi connectivity index (χ2n) is 7.60. The van der Waals surface area contributed by atoms with Crippen LogP contribution >= 0.6 is 11.8 Å². The molecule has 0 spiro atoms. The highest BCUT2D eigenvalue weighted by Crippen LogP contribution is 2.28. The molecule has 0 fully saturated rings.